The number of hydrogen-bond acceptors (Lipinski definition) is 4. The molecule has 4 N–H and O–H groups in total. The second-order valence-corrected chi connectivity index (χ2v) is 8.73. The molecule has 0 spiro atoms. The number of amides is 1. The van der Waals surface area contributed by atoms with Gasteiger partial charge in [-0.15, -0.1) is 0 Å². The zero-order valence-electron chi connectivity index (χ0n) is 15.9. The van der Waals surface area contributed by atoms with Crippen molar-refractivity contribution in [2.24, 2.45) is 5.73 Å². The van der Waals surface area contributed by atoms with Crippen LogP contribution in [0.1, 0.15) is 57.4 Å². The highest BCUT2D eigenvalue weighted by atomic mass is 31.2. The minimum atomic E-state index is -3.64. The lowest BCUT2D eigenvalue weighted by Crippen LogP contribution is -2.36. The minimum Gasteiger partial charge on any atom is -0.325 e. The van der Waals surface area contributed by atoms with Crippen molar-refractivity contribution in [1.82, 2.24) is 0 Å². The fourth-order valence-corrected chi connectivity index (χ4v) is 3.46. The molecule has 0 aliphatic heterocycles. The first-order valence-electron chi connectivity index (χ1n) is 9.41. The van der Waals surface area contributed by atoms with E-state index in [0.717, 1.165) is 12.8 Å². The number of hydrogen-bond donors (Lipinski definition) is 3. The Morgan fingerprint density at radius 3 is 2.65 bits per heavy atom. The summed E-state index contributed by atoms with van der Waals surface area (Å²) >= 11 is 0. The van der Waals surface area contributed by atoms with Gasteiger partial charge in [-0.25, -0.2) is 0 Å². The summed E-state index contributed by atoms with van der Waals surface area (Å²) in [6, 6.07) is 6.90. The van der Waals surface area contributed by atoms with E-state index in [-0.39, 0.29) is 18.5 Å². The van der Waals surface area contributed by atoms with E-state index < -0.39 is 13.6 Å². The monoisotopic (exact) mass is 384 g/mol. The van der Waals surface area contributed by atoms with Gasteiger partial charge in [-0.1, -0.05) is 51.2 Å². The second kappa shape index (κ2) is 12.2. The average Bonchev–Trinajstić information content (AvgIpc) is 2.63. The first-order chi connectivity index (χ1) is 12.4. The van der Waals surface area contributed by atoms with E-state index in [0.29, 0.717) is 5.69 Å². The molecule has 1 aromatic rings. The topological polar surface area (TPSA) is 102 Å². The summed E-state index contributed by atoms with van der Waals surface area (Å²) in [6.07, 6.45) is 8.43. The Hall–Kier alpha value is -1.20. The van der Waals surface area contributed by atoms with Crippen molar-refractivity contribution in [3.63, 3.8) is 0 Å². The van der Waals surface area contributed by atoms with Gasteiger partial charge < -0.3 is 20.5 Å². The van der Waals surface area contributed by atoms with Crippen LogP contribution in [0.25, 0.3) is 0 Å². The van der Waals surface area contributed by atoms with Crippen LogP contribution in [0.5, 0.6) is 0 Å². The highest BCUT2D eigenvalue weighted by Gasteiger charge is 2.22. The van der Waals surface area contributed by atoms with Crippen molar-refractivity contribution in [2.75, 3.05) is 18.6 Å². The van der Waals surface area contributed by atoms with Crippen LogP contribution in [0.2, 0.25) is 0 Å². The van der Waals surface area contributed by atoms with Gasteiger partial charge in [0.2, 0.25) is 5.91 Å². The van der Waals surface area contributed by atoms with Crippen LogP contribution in [0.15, 0.2) is 24.3 Å². The number of aryl methyl sites for hydroxylation is 1. The van der Waals surface area contributed by atoms with Crippen molar-refractivity contribution < 1.29 is 18.8 Å². The molecule has 1 rings (SSSR count). The molecule has 26 heavy (non-hydrogen) atoms. The van der Waals surface area contributed by atoms with Crippen LogP contribution in [0, 0.1) is 0 Å². The van der Waals surface area contributed by atoms with E-state index in [1.54, 1.807) is 0 Å². The third-order valence-corrected chi connectivity index (χ3v) is 5.75. The van der Waals surface area contributed by atoms with E-state index in [4.69, 9.17) is 5.73 Å². The number of benzene rings is 1. The van der Waals surface area contributed by atoms with E-state index in [2.05, 4.69) is 22.8 Å². The first kappa shape index (κ1) is 22.8. The standard InChI is InChI=1S/C19H33N2O4P/c1-3-4-5-6-7-8-10-16-11-9-12-17(15-16)21-19(22)18(20)13-14-26(23,24)25-2/h9,11-12,15,18H,3-8,10,13-14,20H2,1-2H3,(H,21,22)(H,23,24)/t18-/m1/s1. The molecule has 0 aromatic heterocycles. The Kier molecular flexibility index (Phi) is 10.7. The van der Waals surface area contributed by atoms with Crippen molar-refractivity contribution in [3.05, 3.63) is 29.8 Å². The molecule has 1 amide bonds. The van der Waals surface area contributed by atoms with Crippen LogP contribution >= 0.6 is 7.60 Å². The maximum Gasteiger partial charge on any atom is 0.327 e. The minimum absolute atomic E-state index is 0.0882. The van der Waals surface area contributed by atoms with Crippen LogP contribution < -0.4 is 11.1 Å². The van der Waals surface area contributed by atoms with Gasteiger partial charge in [0, 0.05) is 12.8 Å². The van der Waals surface area contributed by atoms with Gasteiger partial charge >= 0.3 is 7.60 Å². The van der Waals surface area contributed by atoms with Crippen molar-refractivity contribution in [1.29, 1.82) is 0 Å². The molecule has 2 atom stereocenters. The number of carbonyl (C=O) groups excluding carboxylic acids is 1. The lowest BCUT2D eigenvalue weighted by molar-refractivity contribution is -0.117. The van der Waals surface area contributed by atoms with Crippen LogP contribution in [0.3, 0.4) is 0 Å². The lowest BCUT2D eigenvalue weighted by atomic mass is 10.0. The molecule has 0 saturated heterocycles. The van der Waals surface area contributed by atoms with Gasteiger partial charge in [0.15, 0.2) is 0 Å². The molecule has 6 nitrogen and oxygen atoms in total. The molecule has 0 heterocycles. The molecule has 0 fully saturated rings. The molecular formula is C19H33N2O4P. The van der Waals surface area contributed by atoms with Crippen molar-refractivity contribution >= 4 is 19.2 Å². The summed E-state index contributed by atoms with van der Waals surface area (Å²) < 4.78 is 15.9. The Balaban J connectivity index is 2.42. The zero-order valence-corrected chi connectivity index (χ0v) is 16.8. The van der Waals surface area contributed by atoms with E-state index in [1.807, 2.05) is 18.2 Å². The second-order valence-electron chi connectivity index (χ2n) is 6.65. The van der Waals surface area contributed by atoms with E-state index >= 15 is 0 Å². The van der Waals surface area contributed by atoms with Crippen LogP contribution in [-0.4, -0.2) is 30.1 Å². The predicted molar refractivity (Wildman–Crippen MR) is 106 cm³/mol. The molecular weight excluding hydrogens is 351 g/mol. The zero-order chi connectivity index (χ0) is 19.4. The van der Waals surface area contributed by atoms with Crippen LogP contribution in [-0.2, 0) is 20.3 Å². The molecule has 1 unspecified atom stereocenters. The van der Waals surface area contributed by atoms with Gasteiger partial charge in [0.1, 0.15) is 0 Å². The van der Waals surface area contributed by atoms with E-state index in [9.17, 15) is 14.3 Å². The summed E-state index contributed by atoms with van der Waals surface area (Å²) in [5.41, 5.74) is 7.69. The van der Waals surface area contributed by atoms with Crippen molar-refractivity contribution in [2.45, 2.75) is 64.3 Å². The summed E-state index contributed by atoms with van der Waals surface area (Å²) in [5, 5.41) is 2.78. The van der Waals surface area contributed by atoms with Gasteiger partial charge in [0.05, 0.1) is 12.2 Å². The maximum absolute atomic E-state index is 12.1. The predicted octanol–water partition coefficient (Wildman–Crippen LogP) is 4.08. The van der Waals surface area contributed by atoms with E-state index in [1.165, 1.54) is 44.8 Å². The molecule has 0 aliphatic carbocycles. The molecule has 0 aliphatic rings. The first-order valence-corrected chi connectivity index (χ1v) is 11.2. The van der Waals surface area contributed by atoms with Crippen molar-refractivity contribution in [3.8, 4) is 0 Å². The summed E-state index contributed by atoms with van der Waals surface area (Å²) in [5.74, 6) is -0.363. The third-order valence-electron chi connectivity index (χ3n) is 4.36. The number of nitrogens with two attached hydrogens (primary N) is 1. The third kappa shape index (κ3) is 9.48. The van der Waals surface area contributed by atoms with Gasteiger partial charge in [-0.3, -0.25) is 9.36 Å². The normalized spacial score (nSPS) is 14.6. The smallest absolute Gasteiger partial charge is 0.325 e. The molecule has 1 aromatic carbocycles. The number of rotatable bonds is 13. The lowest BCUT2D eigenvalue weighted by Gasteiger charge is -2.14. The quantitative estimate of drug-likeness (QED) is 0.351. The molecule has 0 bridgehead atoms. The summed E-state index contributed by atoms with van der Waals surface area (Å²) in [6.45, 7) is 2.21. The summed E-state index contributed by atoms with van der Waals surface area (Å²) in [4.78, 5) is 21.5. The number of carbonyl (C=O) groups is 1. The fourth-order valence-electron chi connectivity index (χ4n) is 2.67. The Labute approximate surface area is 157 Å². The number of unbranched alkanes of at least 4 members (excludes halogenated alkanes) is 5. The highest BCUT2D eigenvalue weighted by Crippen LogP contribution is 2.41. The number of nitrogens with one attached hydrogen (secondary N) is 1. The van der Waals surface area contributed by atoms with Gasteiger partial charge in [-0.05, 0) is 37.0 Å². The fraction of sp³-hybridized carbons (Fsp3) is 0.632. The average molecular weight is 384 g/mol. The summed E-state index contributed by atoms with van der Waals surface area (Å²) in [7, 11) is -2.47. The Bertz CT molecular complexity index is 595. The maximum atomic E-state index is 12.1. The van der Waals surface area contributed by atoms with Gasteiger partial charge in [-0.2, -0.15) is 0 Å². The molecule has 0 radical (unpaired) electrons. The van der Waals surface area contributed by atoms with Gasteiger partial charge in [0.25, 0.3) is 0 Å². The van der Waals surface area contributed by atoms with Crippen LogP contribution in [0.4, 0.5) is 5.69 Å². The Morgan fingerprint density at radius 1 is 1.27 bits per heavy atom. The molecule has 7 heteroatoms. The molecule has 0 saturated carbocycles. The molecule has 148 valence electrons. The SMILES string of the molecule is CCCCCCCCc1cccc(NC(=O)[C@H](N)CCP(=O)(O)OC)c1. The Morgan fingerprint density at radius 2 is 1.96 bits per heavy atom. The largest absolute Gasteiger partial charge is 0.327 e. The highest BCUT2D eigenvalue weighted by molar-refractivity contribution is 7.52. The number of anilines is 1.